The van der Waals surface area contributed by atoms with Gasteiger partial charge in [-0.05, 0) is 40.8 Å². The number of alkyl halides is 3. The molecule has 29 heavy (non-hydrogen) atoms. The van der Waals surface area contributed by atoms with Gasteiger partial charge in [0.1, 0.15) is 6.61 Å². The molecule has 4 nitrogen and oxygen atoms in total. The minimum atomic E-state index is -4.53. The molecule has 154 valence electrons. The van der Waals surface area contributed by atoms with Crippen LogP contribution in [-0.4, -0.2) is 35.8 Å². The lowest BCUT2D eigenvalue weighted by molar-refractivity contribution is -0.137. The van der Waals surface area contributed by atoms with Crippen LogP contribution in [0.15, 0.2) is 54.1 Å². The first-order valence-corrected chi connectivity index (χ1v) is 9.32. The number of hydrogen-bond donors (Lipinski definition) is 1. The van der Waals surface area contributed by atoms with Crippen molar-refractivity contribution in [1.29, 1.82) is 0 Å². The fourth-order valence-corrected chi connectivity index (χ4v) is 3.51. The number of hydrogen-bond acceptors (Lipinski definition) is 3. The Bertz CT molecular complexity index is 913. The quantitative estimate of drug-likeness (QED) is 0.737. The van der Waals surface area contributed by atoms with E-state index in [1.54, 1.807) is 0 Å². The van der Waals surface area contributed by atoms with Gasteiger partial charge in [0.2, 0.25) is 0 Å². The molecule has 0 aromatic heterocycles. The number of benzene rings is 2. The zero-order valence-electron chi connectivity index (χ0n) is 15.4. The standard InChI is InChI=1S/C21H19ClF3NO3/c22-19-10-15(6-7-18(19)21(23,24)25)17-8-9-26(11-16(17)12-27)20(28)29-13-14-4-2-1-3-5-14/h1-7,10,27H,8-9,11-13H2. The van der Waals surface area contributed by atoms with Crippen LogP contribution >= 0.6 is 11.6 Å². The fourth-order valence-electron chi connectivity index (χ4n) is 3.22. The van der Waals surface area contributed by atoms with Crippen LogP contribution in [-0.2, 0) is 17.5 Å². The number of aliphatic hydroxyl groups excluding tert-OH is 1. The number of carbonyl (C=O) groups excluding carboxylic acids is 1. The number of nitrogens with zero attached hydrogens (tertiary/aromatic N) is 1. The summed E-state index contributed by atoms with van der Waals surface area (Å²) in [6, 6.07) is 12.8. The topological polar surface area (TPSA) is 49.8 Å². The van der Waals surface area contributed by atoms with Crippen molar-refractivity contribution in [2.24, 2.45) is 0 Å². The molecule has 1 amide bonds. The first-order chi connectivity index (χ1) is 13.8. The van der Waals surface area contributed by atoms with Gasteiger partial charge in [0.05, 0.1) is 17.2 Å². The molecular weight excluding hydrogens is 407 g/mol. The lowest BCUT2D eigenvalue weighted by Crippen LogP contribution is -2.38. The summed E-state index contributed by atoms with van der Waals surface area (Å²) in [5.41, 5.74) is 1.69. The molecule has 0 atom stereocenters. The minimum Gasteiger partial charge on any atom is -0.445 e. The average molecular weight is 426 g/mol. The van der Waals surface area contributed by atoms with Gasteiger partial charge in [-0.3, -0.25) is 0 Å². The summed E-state index contributed by atoms with van der Waals surface area (Å²) in [6.07, 6.45) is -4.67. The van der Waals surface area contributed by atoms with Crippen molar-refractivity contribution in [1.82, 2.24) is 4.90 Å². The summed E-state index contributed by atoms with van der Waals surface area (Å²) in [7, 11) is 0. The van der Waals surface area contributed by atoms with Gasteiger partial charge in [-0.1, -0.05) is 48.0 Å². The predicted molar refractivity (Wildman–Crippen MR) is 103 cm³/mol. The predicted octanol–water partition coefficient (Wildman–Crippen LogP) is 5.15. The zero-order chi connectivity index (χ0) is 21.0. The highest BCUT2D eigenvalue weighted by Gasteiger charge is 2.33. The smallest absolute Gasteiger partial charge is 0.417 e. The maximum atomic E-state index is 12.9. The van der Waals surface area contributed by atoms with E-state index in [0.717, 1.165) is 11.6 Å². The van der Waals surface area contributed by atoms with Crippen LogP contribution in [0.4, 0.5) is 18.0 Å². The molecule has 2 aromatic carbocycles. The summed E-state index contributed by atoms with van der Waals surface area (Å²) >= 11 is 5.81. The van der Waals surface area contributed by atoms with Crippen LogP contribution in [0, 0.1) is 0 Å². The Morgan fingerprint density at radius 3 is 2.52 bits per heavy atom. The second-order valence-corrected chi connectivity index (χ2v) is 7.05. The average Bonchev–Trinajstić information content (AvgIpc) is 2.71. The molecular formula is C21H19ClF3NO3. The molecule has 0 aliphatic carbocycles. The summed E-state index contributed by atoms with van der Waals surface area (Å²) in [5, 5.41) is 9.34. The first kappa shape index (κ1) is 21.2. The Morgan fingerprint density at radius 2 is 1.90 bits per heavy atom. The fraction of sp³-hybridized carbons (Fsp3) is 0.286. The van der Waals surface area contributed by atoms with Gasteiger partial charge in [-0.2, -0.15) is 13.2 Å². The summed E-state index contributed by atoms with van der Waals surface area (Å²) < 4.78 is 44.0. The van der Waals surface area contributed by atoms with Crippen LogP contribution in [0.3, 0.4) is 0 Å². The van der Waals surface area contributed by atoms with Gasteiger partial charge in [-0.15, -0.1) is 0 Å². The summed E-state index contributed by atoms with van der Waals surface area (Å²) in [6.45, 7) is 0.273. The van der Waals surface area contributed by atoms with Crippen molar-refractivity contribution in [3.05, 3.63) is 75.8 Å². The lowest BCUT2D eigenvalue weighted by Gasteiger charge is -2.30. The zero-order valence-corrected chi connectivity index (χ0v) is 16.1. The number of carbonyl (C=O) groups is 1. The van der Waals surface area contributed by atoms with Gasteiger partial charge in [0, 0.05) is 13.1 Å². The van der Waals surface area contributed by atoms with E-state index >= 15 is 0 Å². The van der Waals surface area contributed by atoms with Crippen molar-refractivity contribution in [2.75, 3.05) is 19.7 Å². The molecule has 0 unspecified atom stereocenters. The minimum absolute atomic E-state index is 0.135. The highest BCUT2D eigenvalue weighted by Crippen LogP contribution is 2.37. The molecule has 1 aliphatic rings. The van der Waals surface area contributed by atoms with E-state index in [9.17, 15) is 23.1 Å². The summed E-state index contributed by atoms with van der Waals surface area (Å²) in [5.74, 6) is 0. The Kier molecular flexibility index (Phi) is 6.49. The van der Waals surface area contributed by atoms with E-state index in [1.807, 2.05) is 30.3 Å². The number of amides is 1. The van der Waals surface area contributed by atoms with E-state index in [0.29, 0.717) is 29.7 Å². The van der Waals surface area contributed by atoms with Crippen molar-refractivity contribution in [3.63, 3.8) is 0 Å². The van der Waals surface area contributed by atoms with Crippen molar-refractivity contribution in [2.45, 2.75) is 19.2 Å². The third kappa shape index (κ3) is 5.10. The first-order valence-electron chi connectivity index (χ1n) is 8.94. The van der Waals surface area contributed by atoms with Gasteiger partial charge in [-0.25, -0.2) is 4.79 Å². The van der Waals surface area contributed by atoms with Crippen LogP contribution in [0.1, 0.15) is 23.1 Å². The van der Waals surface area contributed by atoms with E-state index in [4.69, 9.17) is 16.3 Å². The monoisotopic (exact) mass is 425 g/mol. The third-order valence-electron chi connectivity index (χ3n) is 4.72. The molecule has 1 aliphatic heterocycles. The maximum Gasteiger partial charge on any atom is 0.417 e. The van der Waals surface area contributed by atoms with E-state index in [-0.39, 0.29) is 19.8 Å². The van der Waals surface area contributed by atoms with Crippen LogP contribution in [0.25, 0.3) is 5.57 Å². The second-order valence-electron chi connectivity index (χ2n) is 6.64. The second kappa shape index (κ2) is 8.88. The van der Waals surface area contributed by atoms with E-state index < -0.39 is 22.9 Å². The van der Waals surface area contributed by atoms with Crippen LogP contribution in [0.5, 0.6) is 0 Å². The van der Waals surface area contributed by atoms with E-state index in [1.165, 1.54) is 17.0 Å². The lowest BCUT2D eigenvalue weighted by atomic mass is 9.93. The Hall–Kier alpha value is -2.51. The molecule has 8 heteroatoms. The third-order valence-corrected chi connectivity index (χ3v) is 5.03. The molecule has 0 bridgehead atoms. The molecule has 0 fully saturated rings. The van der Waals surface area contributed by atoms with Gasteiger partial charge in [0.25, 0.3) is 0 Å². The molecule has 2 aromatic rings. The molecule has 0 saturated heterocycles. The maximum absolute atomic E-state index is 12.9. The Morgan fingerprint density at radius 1 is 1.17 bits per heavy atom. The van der Waals surface area contributed by atoms with Crippen LogP contribution < -0.4 is 0 Å². The van der Waals surface area contributed by atoms with Crippen LogP contribution in [0.2, 0.25) is 5.02 Å². The molecule has 1 heterocycles. The van der Waals surface area contributed by atoms with E-state index in [2.05, 4.69) is 0 Å². The molecule has 3 rings (SSSR count). The van der Waals surface area contributed by atoms with Crippen molar-refractivity contribution >= 4 is 23.3 Å². The molecule has 0 radical (unpaired) electrons. The number of aliphatic hydroxyl groups is 1. The normalized spacial score (nSPS) is 14.9. The van der Waals surface area contributed by atoms with Crippen molar-refractivity contribution in [3.8, 4) is 0 Å². The highest BCUT2D eigenvalue weighted by atomic mass is 35.5. The summed E-state index contributed by atoms with van der Waals surface area (Å²) in [4.78, 5) is 13.8. The molecule has 0 saturated carbocycles. The Labute approximate surface area is 171 Å². The van der Waals surface area contributed by atoms with Gasteiger partial charge < -0.3 is 14.7 Å². The highest BCUT2D eigenvalue weighted by molar-refractivity contribution is 6.31. The van der Waals surface area contributed by atoms with Gasteiger partial charge >= 0.3 is 12.3 Å². The number of rotatable bonds is 4. The number of ether oxygens (including phenoxy) is 1. The largest absolute Gasteiger partial charge is 0.445 e. The number of halogens is 4. The Balaban J connectivity index is 1.73. The molecule has 0 spiro atoms. The molecule has 1 N–H and O–H groups in total. The SMILES string of the molecule is O=C(OCc1ccccc1)N1CCC(c2ccc(C(F)(F)F)c(Cl)c2)=C(CO)C1. The van der Waals surface area contributed by atoms with Crippen molar-refractivity contribution < 1.29 is 27.8 Å². The van der Waals surface area contributed by atoms with Gasteiger partial charge in [0.15, 0.2) is 0 Å².